The second kappa shape index (κ2) is 4.54. The van der Waals surface area contributed by atoms with Crippen LogP contribution in [0.2, 0.25) is 5.15 Å². The number of nitrogens with one attached hydrogen (secondary N) is 1. The van der Waals surface area contributed by atoms with Gasteiger partial charge in [0, 0.05) is 5.92 Å². The maximum Gasteiger partial charge on any atom is 0.228 e. The van der Waals surface area contributed by atoms with Crippen molar-refractivity contribution < 1.29 is 4.79 Å². The number of carbonyl (C=O) groups is 1. The lowest BCUT2D eigenvalue weighted by molar-refractivity contribution is -0.118. The van der Waals surface area contributed by atoms with Crippen molar-refractivity contribution in [2.24, 2.45) is 11.3 Å². The van der Waals surface area contributed by atoms with Crippen LogP contribution in [0, 0.1) is 11.3 Å². The molecule has 96 valence electrons. The molecule has 1 N–H and O–H groups in total. The lowest BCUT2D eigenvalue weighted by Crippen LogP contribution is -2.20. The average molecular weight is 265 g/mol. The van der Waals surface area contributed by atoms with Gasteiger partial charge >= 0.3 is 0 Å². The minimum Gasteiger partial charge on any atom is -0.324 e. The third-order valence-corrected chi connectivity index (χ3v) is 4.57. The van der Waals surface area contributed by atoms with Gasteiger partial charge in [-0.25, -0.2) is 4.98 Å². The first-order valence-corrected chi connectivity index (χ1v) is 7.00. The van der Waals surface area contributed by atoms with Crippen LogP contribution in [-0.4, -0.2) is 10.9 Å². The van der Waals surface area contributed by atoms with Gasteiger partial charge < -0.3 is 5.32 Å². The van der Waals surface area contributed by atoms with Gasteiger partial charge in [-0.15, -0.1) is 0 Å². The molecule has 1 unspecified atom stereocenters. The van der Waals surface area contributed by atoms with Gasteiger partial charge in [0.1, 0.15) is 5.15 Å². The predicted octanol–water partition coefficient (Wildman–Crippen LogP) is 3.64. The highest BCUT2D eigenvalue weighted by Gasteiger charge is 2.57. The normalized spacial score (nSPS) is 24.8. The predicted molar refractivity (Wildman–Crippen MR) is 71.5 cm³/mol. The molecule has 1 spiro atoms. The summed E-state index contributed by atoms with van der Waals surface area (Å²) in [4.78, 5) is 16.1. The molecule has 1 aromatic rings. The van der Waals surface area contributed by atoms with Crippen LogP contribution in [0.5, 0.6) is 0 Å². The van der Waals surface area contributed by atoms with Crippen LogP contribution in [0.4, 0.5) is 5.69 Å². The van der Waals surface area contributed by atoms with Gasteiger partial charge in [0.2, 0.25) is 5.91 Å². The summed E-state index contributed by atoms with van der Waals surface area (Å²) >= 11 is 5.72. The van der Waals surface area contributed by atoms with E-state index in [0.717, 1.165) is 12.1 Å². The van der Waals surface area contributed by atoms with Gasteiger partial charge in [-0.3, -0.25) is 4.79 Å². The molecule has 0 aliphatic heterocycles. The summed E-state index contributed by atoms with van der Waals surface area (Å²) in [5, 5.41) is 3.39. The van der Waals surface area contributed by atoms with Gasteiger partial charge in [0.25, 0.3) is 0 Å². The molecule has 3 nitrogen and oxygen atoms in total. The van der Waals surface area contributed by atoms with Crippen LogP contribution >= 0.6 is 11.6 Å². The summed E-state index contributed by atoms with van der Waals surface area (Å²) in [7, 11) is 0. The van der Waals surface area contributed by atoms with E-state index in [-0.39, 0.29) is 11.8 Å². The Labute approximate surface area is 112 Å². The molecule has 1 amide bonds. The van der Waals surface area contributed by atoms with E-state index in [9.17, 15) is 4.79 Å². The first-order valence-electron chi connectivity index (χ1n) is 6.62. The van der Waals surface area contributed by atoms with Crippen LogP contribution in [0.3, 0.4) is 0 Å². The summed E-state index contributed by atoms with van der Waals surface area (Å²) in [6, 6.07) is 3.49. The van der Waals surface area contributed by atoms with Crippen molar-refractivity contribution in [3.05, 3.63) is 23.5 Å². The standard InChI is InChI=1S/C14H17ClN2O/c15-12-5-4-10(9-16-12)17-13(18)11-8-14(11)6-2-1-3-7-14/h4-5,9,11H,1-3,6-8H2,(H,17,18). The molecule has 2 aliphatic carbocycles. The molecule has 2 saturated carbocycles. The fraction of sp³-hybridized carbons (Fsp3) is 0.571. The zero-order valence-corrected chi connectivity index (χ0v) is 11.0. The number of nitrogens with zero attached hydrogens (tertiary/aromatic N) is 1. The van der Waals surface area contributed by atoms with Crippen molar-refractivity contribution in [2.75, 3.05) is 5.32 Å². The van der Waals surface area contributed by atoms with Crippen molar-refractivity contribution in [1.82, 2.24) is 4.98 Å². The second-order valence-corrected chi connectivity index (χ2v) is 5.93. The maximum absolute atomic E-state index is 12.2. The van der Waals surface area contributed by atoms with Crippen molar-refractivity contribution in [2.45, 2.75) is 38.5 Å². The molecule has 3 rings (SSSR count). The molecule has 0 radical (unpaired) electrons. The van der Waals surface area contributed by atoms with Crippen molar-refractivity contribution in [1.29, 1.82) is 0 Å². The van der Waals surface area contributed by atoms with E-state index in [1.54, 1.807) is 18.3 Å². The monoisotopic (exact) mass is 264 g/mol. The lowest BCUT2D eigenvalue weighted by Gasteiger charge is -2.22. The Bertz CT molecular complexity index is 451. The number of pyridine rings is 1. The highest BCUT2D eigenvalue weighted by atomic mass is 35.5. The first kappa shape index (κ1) is 12.0. The van der Waals surface area contributed by atoms with Gasteiger partial charge in [0.15, 0.2) is 0 Å². The molecule has 1 atom stereocenters. The fourth-order valence-corrected chi connectivity index (χ4v) is 3.32. The minimum absolute atomic E-state index is 0.154. The average Bonchev–Trinajstić information content (AvgIpc) is 3.07. The third-order valence-electron chi connectivity index (χ3n) is 4.35. The summed E-state index contributed by atoms with van der Waals surface area (Å²) in [6.07, 6.45) is 9.03. The van der Waals surface area contributed by atoms with E-state index < -0.39 is 0 Å². The van der Waals surface area contributed by atoms with Gasteiger partial charge in [-0.2, -0.15) is 0 Å². The Kier molecular flexibility index (Phi) is 3.02. The largest absolute Gasteiger partial charge is 0.324 e. The topological polar surface area (TPSA) is 42.0 Å². The SMILES string of the molecule is O=C(Nc1ccc(Cl)nc1)C1CC12CCCCC2. The first-order chi connectivity index (χ1) is 8.70. The van der Waals surface area contributed by atoms with E-state index in [0.29, 0.717) is 10.6 Å². The Balaban J connectivity index is 1.61. The van der Waals surface area contributed by atoms with E-state index in [1.165, 1.54) is 32.1 Å². The number of amides is 1. The van der Waals surface area contributed by atoms with Crippen molar-refractivity contribution >= 4 is 23.2 Å². The fourth-order valence-electron chi connectivity index (χ4n) is 3.21. The second-order valence-electron chi connectivity index (χ2n) is 5.54. The Morgan fingerprint density at radius 1 is 1.33 bits per heavy atom. The number of rotatable bonds is 2. The minimum atomic E-state index is 0.154. The molecular weight excluding hydrogens is 248 g/mol. The molecule has 4 heteroatoms. The maximum atomic E-state index is 12.2. The highest BCUT2D eigenvalue weighted by molar-refractivity contribution is 6.29. The molecule has 0 aromatic carbocycles. The van der Waals surface area contributed by atoms with Gasteiger partial charge in [-0.1, -0.05) is 30.9 Å². The number of aromatic nitrogens is 1. The molecule has 18 heavy (non-hydrogen) atoms. The zero-order chi connectivity index (χ0) is 12.6. The quantitative estimate of drug-likeness (QED) is 0.829. The number of carbonyl (C=O) groups excluding carboxylic acids is 1. The van der Waals surface area contributed by atoms with E-state index in [1.807, 2.05) is 0 Å². The summed E-state index contributed by atoms with van der Waals surface area (Å²) in [6.45, 7) is 0. The lowest BCUT2D eigenvalue weighted by atomic mass is 9.84. The van der Waals surface area contributed by atoms with Crippen LogP contribution in [0.15, 0.2) is 18.3 Å². The molecule has 1 aromatic heterocycles. The van der Waals surface area contributed by atoms with Crippen LogP contribution < -0.4 is 5.32 Å². The van der Waals surface area contributed by atoms with Gasteiger partial charge in [-0.05, 0) is 36.8 Å². The molecule has 1 heterocycles. The van der Waals surface area contributed by atoms with Crippen LogP contribution in [-0.2, 0) is 4.79 Å². The van der Waals surface area contributed by atoms with Crippen molar-refractivity contribution in [3.63, 3.8) is 0 Å². The molecule has 0 saturated heterocycles. The number of anilines is 1. The molecule has 0 bridgehead atoms. The number of hydrogen-bond acceptors (Lipinski definition) is 2. The van der Waals surface area contributed by atoms with Crippen LogP contribution in [0.25, 0.3) is 0 Å². The highest BCUT2D eigenvalue weighted by Crippen LogP contribution is 2.61. The number of halogens is 1. The smallest absolute Gasteiger partial charge is 0.228 e. The van der Waals surface area contributed by atoms with E-state index >= 15 is 0 Å². The Morgan fingerprint density at radius 3 is 2.78 bits per heavy atom. The molecular formula is C14H17ClN2O. The Morgan fingerprint density at radius 2 is 2.11 bits per heavy atom. The number of hydrogen-bond donors (Lipinski definition) is 1. The molecule has 2 aliphatic rings. The zero-order valence-electron chi connectivity index (χ0n) is 10.3. The van der Waals surface area contributed by atoms with Gasteiger partial charge in [0.05, 0.1) is 11.9 Å². The summed E-state index contributed by atoms with van der Waals surface area (Å²) in [5.41, 5.74) is 1.07. The van der Waals surface area contributed by atoms with E-state index in [2.05, 4.69) is 10.3 Å². The van der Waals surface area contributed by atoms with Crippen LogP contribution in [0.1, 0.15) is 38.5 Å². The summed E-state index contributed by atoms with van der Waals surface area (Å²) in [5.74, 6) is 0.370. The van der Waals surface area contributed by atoms with Crippen molar-refractivity contribution in [3.8, 4) is 0 Å². The van der Waals surface area contributed by atoms with E-state index in [4.69, 9.17) is 11.6 Å². The third kappa shape index (κ3) is 2.24. The summed E-state index contributed by atoms with van der Waals surface area (Å²) < 4.78 is 0. The Hall–Kier alpha value is -1.09. The molecule has 2 fully saturated rings.